The number of hydrogen-bond donors (Lipinski definition) is 0. The van der Waals surface area contributed by atoms with E-state index >= 15 is 0 Å². The SMILES string of the molecule is O=S(=O)(c1cccc(Br)c1)N1CCN(CCOC(c2ccccc2)c2cccc(C(F)(F)F)c2)CC1. The quantitative estimate of drug-likeness (QED) is 0.348. The summed E-state index contributed by atoms with van der Waals surface area (Å²) in [4.78, 5) is 2.35. The summed E-state index contributed by atoms with van der Waals surface area (Å²) in [6.07, 6.45) is -5.08. The van der Waals surface area contributed by atoms with Crippen molar-refractivity contribution in [2.24, 2.45) is 0 Å². The second-order valence-electron chi connectivity index (χ2n) is 8.49. The zero-order valence-corrected chi connectivity index (χ0v) is 21.8. The van der Waals surface area contributed by atoms with Crippen LogP contribution in [0.1, 0.15) is 22.8 Å². The van der Waals surface area contributed by atoms with Crippen molar-refractivity contribution in [1.29, 1.82) is 0 Å². The molecular weight excluding hydrogens is 557 g/mol. The minimum atomic E-state index is -4.44. The summed E-state index contributed by atoms with van der Waals surface area (Å²) >= 11 is 3.31. The number of hydrogen-bond acceptors (Lipinski definition) is 4. The number of rotatable bonds is 8. The number of benzene rings is 3. The van der Waals surface area contributed by atoms with Crippen LogP contribution in [0.4, 0.5) is 13.2 Å². The van der Waals surface area contributed by atoms with Crippen LogP contribution in [0, 0.1) is 0 Å². The van der Waals surface area contributed by atoms with Crippen molar-refractivity contribution in [3.63, 3.8) is 0 Å². The van der Waals surface area contributed by atoms with Gasteiger partial charge < -0.3 is 4.74 Å². The number of halogens is 4. The van der Waals surface area contributed by atoms with Gasteiger partial charge in [0.05, 0.1) is 17.1 Å². The number of alkyl halides is 3. The van der Waals surface area contributed by atoms with Gasteiger partial charge in [0, 0.05) is 37.2 Å². The molecule has 36 heavy (non-hydrogen) atoms. The Labute approximate surface area is 217 Å². The third-order valence-electron chi connectivity index (χ3n) is 6.08. The third kappa shape index (κ3) is 6.54. The average molecular weight is 583 g/mol. The monoisotopic (exact) mass is 582 g/mol. The molecule has 3 aromatic carbocycles. The predicted molar refractivity (Wildman–Crippen MR) is 135 cm³/mol. The number of ether oxygens (including phenoxy) is 1. The van der Waals surface area contributed by atoms with Crippen LogP contribution in [-0.2, 0) is 20.9 Å². The van der Waals surface area contributed by atoms with Crippen LogP contribution in [0.3, 0.4) is 0 Å². The highest BCUT2D eigenvalue weighted by Gasteiger charge is 2.32. The minimum Gasteiger partial charge on any atom is -0.367 e. The highest BCUT2D eigenvalue weighted by molar-refractivity contribution is 9.10. The van der Waals surface area contributed by atoms with Gasteiger partial charge in [-0.25, -0.2) is 8.42 Å². The van der Waals surface area contributed by atoms with Gasteiger partial charge in [-0.2, -0.15) is 17.5 Å². The maximum Gasteiger partial charge on any atom is 0.416 e. The Morgan fingerprint density at radius 2 is 1.53 bits per heavy atom. The predicted octanol–water partition coefficient (Wildman–Crippen LogP) is 5.58. The first kappa shape index (κ1) is 26.8. The van der Waals surface area contributed by atoms with Crippen LogP contribution >= 0.6 is 15.9 Å². The van der Waals surface area contributed by atoms with E-state index in [4.69, 9.17) is 4.74 Å². The van der Waals surface area contributed by atoms with E-state index in [9.17, 15) is 21.6 Å². The van der Waals surface area contributed by atoms with Crippen LogP contribution < -0.4 is 0 Å². The van der Waals surface area contributed by atoms with Crippen LogP contribution in [0.15, 0.2) is 88.2 Å². The second kappa shape index (κ2) is 11.4. The lowest BCUT2D eigenvalue weighted by atomic mass is 9.99. The molecule has 0 bridgehead atoms. The molecule has 5 nitrogen and oxygen atoms in total. The number of piperazine rings is 1. The molecule has 0 saturated carbocycles. The van der Waals surface area contributed by atoms with Crippen LogP contribution in [-0.4, -0.2) is 57.0 Å². The molecule has 0 spiro atoms. The molecule has 1 aliphatic heterocycles. The lowest BCUT2D eigenvalue weighted by molar-refractivity contribution is -0.137. The summed E-state index contributed by atoms with van der Waals surface area (Å²) in [5, 5.41) is 0. The fraction of sp³-hybridized carbons (Fsp3) is 0.308. The summed E-state index contributed by atoms with van der Waals surface area (Å²) in [6.45, 7) is 2.60. The highest BCUT2D eigenvalue weighted by Crippen LogP contribution is 2.33. The van der Waals surface area contributed by atoms with Crippen molar-refractivity contribution < 1.29 is 26.3 Å². The lowest BCUT2D eigenvalue weighted by Crippen LogP contribution is -2.49. The molecule has 0 radical (unpaired) electrons. The van der Waals surface area contributed by atoms with Gasteiger partial charge >= 0.3 is 6.18 Å². The van der Waals surface area contributed by atoms with E-state index in [1.165, 1.54) is 10.4 Å². The topological polar surface area (TPSA) is 49.9 Å². The maximum atomic E-state index is 13.3. The van der Waals surface area contributed by atoms with Crippen LogP contribution in [0.25, 0.3) is 0 Å². The molecular formula is C26H26BrF3N2O3S. The van der Waals surface area contributed by atoms with Gasteiger partial charge in [0.25, 0.3) is 0 Å². The molecule has 4 rings (SSSR count). The van der Waals surface area contributed by atoms with Gasteiger partial charge in [-0.15, -0.1) is 0 Å². The average Bonchev–Trinajstić information content (AvgIpc) is 2.87. The molecule has 1 fully saturated rings. The minimum absolute atomic E-state index is 0.250. The van der Waals surface area contributed by atoms with Gasteiger partial charge in [-0.05, 0) is 41.5 Å². The van der Waals surface area contributed by atoms with Gasteiger partial charge in [0.15, 0.2) is 0 Å². The summed E-state index contributed by atoms with van der Waals surface area (Å²) in [7, 11) is -3.58. The van der Waals surface area contributed by atoms with Gasteiger partial charge in [0.2, 0.25) is 10.0 Å². The Hall–Kier alpha value is -2.24. The van der Waals surface area contributed by atoms with Crippen molar-refractivity contribution in [1.82, 2.24) is 9.21 Å². The molecule has 3 aromatic rings. The van der Waals surface area contributed by atoms with E-state index in [1.54, 1.807) is 30.3 Å². The first-order valence-electron chi connectivity index (χ1n) is 11.5. The lowest BCUT2D eigenvalue weighted by Gasteiger charge is -2.34. The Balaban J connectivity index is 1.38. The Morgan fingerprint density at radius 1 is 0.861 bits per heavy atom. The summed E-state index contributed by atoms with van der Waals surface area (Å²) in [6, 6.07) is 21.0. The van der Waals surface area contributed by atoms with Crippen molar-refractivity contribution in [3.8, 4) is 0 Å². The highest BCUT2D eigenvalue weighted by atomic mass is 79.9. The van der Waals surface area contributed by atoms with Crippen molar-refractivity contribution in [2.45, 2.75) is 17.2 Å². The first-order chi connectivity index (χ1) is 17.1. The summed E-state index contributed by atoms with van der Waals surface area (Å²) in [5.74, 6) is 0. The molecule has 0 aromatic heterocycles. The Bertz CT molecular complexity index is 1260. The van der Waals surface area contributed by atoms with Gasteiger partial charge in [0.1, 0.15) is 6.10 Å². The van der Waals surface area contributed by atoms with Crippen molar-refractivity contribution >= 4 is 26.0 Å². The fourth-order valence-electron chi connectivity index (χ4n) is 4.16. The van der Waals surface area contributed by atoms with Crippen LogP contribution in [0.5, 0.6) is 0 Å². The first-order valence-corrected chi connectivity index (χ1v) is 13.7. The molecule has 1 heterocycles. The molecule has 1 aliphatic rings. The molecule has 1 unspecified atom stereocenters. The largest absolute Gasteiger partial charge is 0.416 e. The van der Waals surface area contributed by atoms with E-state index in [1.807, 2.05) is 30.3 Å². The fourth-order valence-corrected chi connectivity index (χ4v) is 6.18. The molecule has 0 N–H and O–H groups in total. The van der Waals surface area contributed by atoms with E-state index in [2.05, 4.69) is 20.8 Å². The Kier molecular flexibility index (Phi) is 8.52. The third-order valence-corrected chi connectivity index (χ3v) is 8.46. The van der Waals surface area contributed by atoms with Crippen molar-refractivity contribution in [3.05, 3.63) is 100 Å². The molecule has 0 amide bonds. The Morgan fingerprint density at radius 3 is 2.19 bits per heavy atom. The maximum absolute atomic E-state index is 13.3. The van der Waals surface area contributed by atoms with Gasteiger partial charge in [-0.3, -0.25) is 4.90 Å². The van der Waals surface area contributed by atoms with E-state index in [-0.39, 0.29) is 11.5 Å². The van der Waals surface area contributed by atoms with Crippen molar-refractivity contribution in [2.75, 3.05) is 39.3 Å². The molecule has 1 saturated heterocycles. The number of sulfonamides is 1. The molecule has 192 valence electrons. The van der Waals surface area contributed by atoms with Gasteiger partial charge in [-0.1, -0.05) is 64.5 Å². The van der Waals surface area contributed by atoms with E-state index in [0.29, 0.717) is 42.8 Å². The molecule has 10 heteroatoms. The zero-order valence-electron chi connectivity index (χ0n) is 19.4. The second-order valence-corrected chi connectivity index (χ2v) is 11.3. The summed E-state index contributed by atoms with van der Waals surface area (Å²) < 4.78 is 74.0. The molecule has 1 atom stereocenters. The number of nitrogens with zero attached hydrogens (tertiary/aromatic N) is 2. The normalized spacial score (nSPS) is 16.7. The van der Waals surface area contributed by atoms with Crippen LogP contribution in [0.2, 0.25) is 0 Å². The summed E-state index contributed by atoms with van der Waals surface area (Å²) in [5.41, 5.74) is 0.482. The zero-order chi connectivity index (χ0) is 25.8. The van der Waals surface area contributed by atoms with E-state index in [0.717, 1.165) is 17.7 Å². The smallest absolute Gasteiger partial charge is 0.367 e. The molecule has 0 aliphatic carbocycles. The standard InChI is InChI=1S/C26H26BrF3N2O3S/c27-23-10-5-11-24(19-23)36(33,34)32-14-12-31(13-15-32)16-17-35-25(20-6-2-1-3-7-20)21-8-4-9-22(18-21)26(28,29)30/h1-11,18-19,25H,12-17H2. The van der Waals surface area contributed by atoms with E-state index < -0.39 is 27.9 Å².